The van der Waals surface area contributed by atoms with Crippen LogP contribution in [0.5, 0.6) is 0 Å². The minimum Gasteiger partial charge on any atom is -0.342 e. The van der Waals surface area contributed by atoms with Crippen LogP contribution >= 0.6 is 0 Å². The summed E-state index contributed by atoms with van der Waals surface area (Å²) in [5, 5.41) is 9.17. The van der Waals surface area contributed by atoms with Gasteiger partial charge in [-0.25, -0.2) is 0 Å². The van der Waals surface area contributed by atoms with Gasteiger partial charge in [-0.1, -0.05) is 12.1 Å². The van der Waals surface area contributed by atoms with E-state index in [0.29, 0.717) is 11.1 Å². The number of hydrogen-bond donors (Lipinski definition) is 0. The van der Waals surface area contributed by atoms with Crippen LogP contribution in [0.2, 0.25) is 0 Å². The third-order valence-electron chi connectivity index (χ3n) is 4.38. The van der Waals surface area contributed by atoms with Gasteiger partial charge in [0, 0.05) is 24.7 Å². The average molecular weight is 350 g/mol. The van der Waals surface area contributed by atoms with E-state index in [-0.39, 0.29) is 5.91 Å². The Balaban J connectivity index is 2.13. The Morgan fingerprint density at radius 2 is 1.77 bits per heavy atom. The molecule has 5 heteroatoms. The fourth-order valence-corrected chi connectivity index (χ4v) is 2.88. The standard InChI is InChI=1S/C21H26N4O/c1-15-13-20(23-16(2)19(15)14-22)17-7-9-18(10-8-17)21(26)25(5)12-6-11-24(3)4/h7-10,13H,6,11-12H2,1-5H3. The minimum atomic E-state index is 0.0236. The molecular weight excluding hydrogens is 324 g/mol. The smallest absolute Gasteiger partial charge is 0.253 e. The minimum absolute atomic E-state index is 0.0236. The van der Waals surface area contributed by atoms with Crippen molar-refractivity contribution in [3.05, 3.63) is 52.7 Å². The van der Waals surface area contributed by atoms with Crippen LogP contribution in [0.25, 0.3) is 11.3 Å². The van der Waals surface area contributed by atoms with E-state index in [1.54, 1.807) is 4.90 Å². The lowest BCUT2D eigenvalue weighted by molar-refractivity contribution is 0.0790. The highest BCUT2D eigenvalue weighted by Gasteiger charge is 2.13. The summed E-state index contributed by atoms with van der Waals surface area (Å²) in [6, 6.07) is 11.6. The average Bonchev–Trinajstić information content (AvgIpc) is 2.60. The van der Waals surface area contributed by atoms with Gasteiger partial charge in [-0.2, -0.15) is 5.26 Å². The molecule has 0 aliphatic rings. The second kappa shape index (κ2) is 8.59. The van der Waals surface area contributed by atoms with E-state index in [4.69, 9.17) is 5.26 Å². The Bertz CT molecular complexity index is 796. The molecule has 1 aromatic carbocycles. The lowest BCUT2D eigenvalue weighted by Crippen LogP contribution is -2.29. The maximum absolute atomic E-state index is 12.5. The Labute approximate surface area is 155 Å². The van der Waals surface area contributed by atoms with Crippen LogP contribution < -0.4 is 0 Å². The van der Waals surface area contributed by atoms with E-state index in [1.165, 1.54) is 0 Å². The summed E-state index contributed by atoms with van der Waals surface area (Å²) in [6.45, 7) is 5.45. The fraction of sp³-hybridized carbons (Fsp3) is 0.381. The number of pyridine rings is 1. The molecular formula is C21H26N4O. The van der Waals surface area contributed by atoms with Gasteiger partial charge in [0.05, 0.1) is 17.0 Å². The first-order chi connectivity index (χ1) is 12.3. The number of rotatable bonds is 6. The maximum Gasteiger partial charge on any atom is 0.253 e. The number of benzene rings is 1. The summed E-state index contributed by atoms with van der Waals surface area (Å²) >= 11 is 0. The van der Waals surface area contributed by atoms with Crippen molar-refractivity contribution in [2.45, 2.75) is 20.3 Å². The number of amides is 1. The van der Waals surface area contributed by atoms with Crippen LogP contribution in [-0.4, -0.2) is 54.9 Å². The van der Waals surface area contributed by atoms with Crippen LogP contribution in [0.1, 0.15) is 33.6 Å². The number of nitriles is 1. The van der Waals surface area contributed by atoms with Crippen molar-refractivity contribution in [1.29, 1.82) is 5.26 Å². The predicted molar refractivity (Wildman–Crippen MR) is 104 cm³/mol. The molecule has 1 amide bonds. The third-order valence-corrected chi connectivity index (χ3v) is 4.38. The highest BCUT2D eigenvalue weighted by Crippen LogP contribution is 2.22. The number of aromatic nitrogens is 1. The van der Waals surface area contributed by atoms with E-state index in [2.05, 4.69) is 16.0 Å². The van der Waals surface area contributed by atoms with Crippen molar-refractivity contribution in [2.75, 3.05) is 34.2 Å². The van der Waals surface area contributed by atoms with Crippen LogP contribution in [0.3, 0.4) is 0 Å². The zero-order chi connectivity index (χ0) is 19.3. The molecule has 0 aliphatic heterocycles. The molecule has 0 saturated carbocycles. The summed E-state index contributed by atoms with van der Waals surface area (Å²) in [6.07, 6.45) is 0.945. The highest BCUT2D eigenvalue weighted by atomic mass is 16.2. The monoisotopic (exact) mass is 350 g/mol. The molecule has 5 nitrogen and oxygen atoms in total. The summed E-state index contributed by atoms with van der Waals surface area (Å²) in [5.41, 5.74) is 4.69. The van der Waals surface area contributed by atoms with Gasteiger partial charge in [0.1, 0.15) is 6.07 Å². The molecule has 0 bridgehead atoms. The number of hydrogen-bond acceptors (Lipinski definition) is 4. The SMILES string of the molecule is Cc1cc(-c2ccc(C(=O)N(C)CCCN(C)C)cc2)nc(C)c1C#N. The summed E-state index contributed by atoms with van der Waals surface area (Å²) in [5.74, 6) is 0.0236. The second-order valence-corrected chi connectivity index (χ2v) is 6.86. The molecule has 0 aliphatic carbocycles. The van der Waals surface area contributed by atoms with Crippen LogP contribution in [0.15, 0.2) is 30.3 Å². The largest absolute Gasteiger partial charge is 0.342 e. The summed E-state index contributed by atoms with van der Waals surface area (Å²) in [7, 11) is 5.89. The molecule has 0 saturated heterocycles. The number of carbonyl (C=O) groups is 1. The summed E-state index contributed by atoms with van der Waals surface area (Å²) in [4.78, 5) is 20.9. The van der Waals surface area contributed by atoms with Gasteiger partial charge in [0.2, 0.25) is 0 Å². The van der Waals surface area contributed by atoms with Crippen molar-refractivity contribution >= 4 is 5.91 Å². The topological polar surface area (TPSA) is 60.2 Å². The Morgan fingerprint density at radius 1 is 1.12 bits per heavy atom. The van der Waals surface area contributed by atoms with Gasteiger partial charge < -0.3 is 9.80 Å². The van der Waals surface area contributed by atoms with Crippen LogP contribution in [-0.2, 0) is 0 Å². The molecule has 26 heavy (non-hydrogen) atoms. The van der Waals surface area contributed by atoms with Gasteiger partial charge in [0.15, 0.2) is 0 Å². The fourth-order valence-electron chi connectivity index (χ4n) is 2.88. The van der Waals surface area contributed by atoms with E-state index in [9.17, 15) is 4.79 Å². The molecule has 1 heterocycles. The first kappa shape index (κ1) is 19.6. The molecule has 0 unspecified atom stereocenters. The lowest BCUT2D eigenvalue weighted by atomic mass is 10.0. The zero-order valence-corrected chi connectivity index (χ0v) is 16.2. The molecule has 136 valence electrons. The van der Waals surface area contributed by atoms with Crippen molar-refractivity contribution in [2.24, 2.45) is 0 Å². The first-order valence-corrected chi connectivity index (χ1v) is 8.72. The van der Waals surface area contributed by atoms with Gasteiger partial charge in [-0.05, 0) is 64.7 Å². The molecule has 2 aromatic rings. The van der Waals surface area contributed by atoms with E-state index in [1.807, 2.05) is 65.3 Å². The summed E-state index contributed by atoms with van der Waals surface area (Å²) < 4.78 is 0. The molecule has 0 fully saturated rings. The molecule has 0 atom stereocenters. The molecule has 2 rings (SSSR count). The second-order valence-electron chi connectivity index (χ2n) is 6.86. The maximum atomic E-state index is 12.5. The molecule has 0 radical (unpaired) electrons. The van der Waals surface area contributed by atoms with E-state index in [0.717, 1.165) is 42.0 Å². The zero-order valence-electron chi connectivity index (χ0n) is 16.2. The predicted octanol–water partition coefficient (Wildman–Crippen LogP) is 3.26. The quantitative estimate of drug-likeness (QED) is 0.802. The number of aryl methyl sites for hydroxylation is 2. The highest BCUT2D eigenvalue weighted by molar-refractivity contribution is 5.94. The van der Waals surface area contributed by atoms with Crippen LogP contribution in [0, 0.1) is 25.2 Å². The van der Waals surface area contributed by atoms with Crippen molar-refractivity contribution in [1.82, 2.24) is 14.8 Å². The molecule has 0 N–H and O–H groups in total. The Morgan fingerprint density at radius 3 is 2.31 bits per heavy atom. The van der Waals surface area contributed by atoms with E-state index < -0.39 is 0 Å². The van der Waals surface area contributed by atoms with Gasteiger partial charge in [-0.15, -0.1) is 0 Å². The number of carbonyl (C=O) groups excluding carboxylic acids is 1. The van der Waals surface area contributed by atoms with Gasteiger partial charge in [0.25, 0.3) is 5.91 Å². The van der Waals surface area contributed by atoms with Crippen molar-refractivity contribution in [3.8, 4) is 17.3 Å². The lowest BCUT2D eigenvalue weighted by Gasteiger charge is -2.18. The Kier molecular flexibility index (Phi) is 6.48. The third kappa shape index (κ3) is 4.68. The van der Waals surface area contributed by atoms with Gasteiger partial charge in [-0.3, -0.25) is 9.78 Å². The molecule has 1 aromatic heterocycles. The Hall–Kier alpha value is -2.71. The number of nitrogens with zero attached hydrogens (tertiary/aromatic N) is 4. The first-order valence-electron chi connectivity index (χ1n) is 8.72. The van der Waals surface area contributed by atoms with Crippen molar-refractivity contribution < 1.29 is 4.79 Å². The van der Waals surface area contributed by atoms with Crippen LogP contribution in [0.4, 0.5) is 0 Å². The molecule has 0 spiro atoms. The normalized spacial score (nSPS) is 10.7. The van der Waals surface area contributed by atoms with E-state index >= 15 is 0 Å². The van der Waals surface area contributed by atoms with Gasteiger partial charge >= 0.3 is 0 Å². The van der Waals surface area contributed by atoms with Crippen molar-refractivity contribution in [3.63, 3.8) is 0 Å².